The highest BCUT2D eigenvalue weighted by molar-refractivity contribution is 5.94. The first-order valence-electron chi connectivity index (χ1n) is 6.56. The molecule has 2 N–H and O–H groups in total. The van der Waals surface area contributed by atoms with Crippen molar-refractivity contribution in [3.05, 3.63) is 34.2 Å². The zero-order valence-corrected chi connectivity index (χ0v) is 10.9. The van der Waals surface area contributed by atoms with Gasteiger partial charge in [-0.3, -0.25) is 9.59 Å². The Morgan fingerprint density at radius 1 is 1.39 bits per heavy atom. The van der Waals surface area contributed by atoms with Gasteiger partial charge in [0.15, 0.2) is 0 Å². The van der Waals surface area contributed by atoms with Crippen LogP contribution in [-0.2, 0) is 0 Å². The van der Waals surface area contributed by atoms with Gasteiger partial charge in [-0.2, -0.15) is 0 Å². The van der Waals surface area contributed by atoms with E-state index in [9.17, 15) is 9.59 Å². The van der Waals surface area contributed by atoms with Crippen LogP contribution in [0, 0.1) is 11.8 Å². The van der Waals surface area contributed by atoms with E-state index in [0.29, 0.717) is 11.5 Å². The summed E-state index contributed by atoms with van der Waals surface area (Å²) in [4.78, 5) is 25.7. The number of carbonyl (C=O) groups is 1. The van der Waals surface area contributed by atoms with E-state index >= 15 is 0 Å². The SMILES string of the molecule is CC1CCC(NC(=O)c2cc[nH]c(=O)c2)C(C)C1. The molecule has 1 amide bonds. The molecule has 0 radical (unpaired) electrons. The second-order valence-corrected chi connectivity index (χ2v) is 5.42. The number of amides is 1. The van der Waals surface area contributed by atoms with Gasteiger partial charge in [0.2, 0.25) is 5.56 Å². The topological polar surface area (TPSA) is 62.0 Å². The molecule has 2 rings (SSSR count). The summed E-state index contributed by atoms with van der Waals surface area (Å²) in [5, 5.41) is 3.04. The second kappa shape index (κ2) is 5.38. The predicted octanol–water partition coefficient (Wildman–Crippen LogP) is 1.93. The number of pyridine rings is 1. The summed E-state index contributed by atoms with van der Waals surface area (Å²) in [7, 11) is 0. The normalized spacial score (nSPS) is 27.8. The van der Waals surface area contributed by atoms with Crippen LogP contribution >= 0.6 is 0 Å². The van der Waals surface area contributed by atoms with Crippen LogP contribution in [0.4, 0.5) is 0 Å². The fourth-order valence-electron chi connectivity index (χ4n) is 2.72. The molecule has 1 aromatic rings. The molecule has 0 spiro atoms. The molecular weight excluding hydrogens is 228 g/mol. The summed E-state index contributed by atoms with van der Waals surface area (Å²) in [5.74, 6) is 1.10. The second-order valence-electron chi connectivity index (χ2n) is 5.42. The Hall–Kier alpha value is -1.58. The van der Waals surface area contributed by atoms with Crippen molar-refractivity contribution in [2.45, 2.75) is 39.2 Å². The van der Waals surface area contributed by atoms with Crippen LogP contribution in [0.5, 0.6) is 0 Å². The fourth-order valence-corrected chi connectivity index (χ4v) is 2.72. The number of hydrogen-bond acceptors (Lipinski definition) is 2. The van der Waals surface area contributed by atoms with Crippen LogP contribution in [0.25, 0.3) is 0 Å². The third-order valence-electron chi connectivity index (χ3n) is 3.79. The van der Waals surface area contributed by atoms with Gasteiger partial charge in [-0.1, -0.05) is 13.8 Å². The smallest absolute Gasteiger partial charge is 0.251 e. The quantitative estimate of drug-likeness (QED) is 0.840. The Morgan fingerprint density at radius 3 is 2.83 bits per heavy atom. The molecule has 1 aromatic heterocycles. The van der Waals surface area contributed by atoms with E-state index in [1.54, 1.807) is 6.07 Å². The third-order valence-corrected chi connectivity index (χ3v) is 3.79. The zero-order valence-electron chi connectivity index (χ0n) is 10.9. The molecule has 0 saturated heterocycles. The molecule has 18 heavy (non-hydrogen) atoms. The van der Waals surface area contributed by atoms with E-state index in [0.717, 1.165) is 25.2 Å². The van der Waals surface area contributed by atoms with Crippen molar-refractivity contribution in [3.63, 3.8) is 0 Å². The summed E-state index contributed by atoms with van der Waals surface area (Å²) in [6.07, 6.45) is 4.84. The number of carbonyl (C=O) groups excluding carboxylic acids is 1. The maximum absolute atomic E-state index is 12.0. The summed E-state index contributed by atoms with van der Waals surface area (Å²) >= 11 is 0. The molecule has 4 nitrogen and oxygen atoms in total. The molecule has 1 heterocycles. The maximum Gasteiger partial charge on any atom is 0.251 e. The minimum atomic E-state index is -0.243. The van der Waals surface area contributed by atoms with Crippen LogP contribution in [0.1, 0.15) is 43.5 Å². The number of H-pyrrole nitrogens is 1. The third kappa shape index (κ3) is 3.00. The fraction of sp³-hybridized carbons (Fsp3) is 0.571. The van der Waals surface area contributed by atoms with Gasteiger partial charge in [-0.05, 0) is 37.2 Å². The van der Waals surface area contributed by atoms with Crippen molar-refractivity contribution in [1.82, 2.24) is 10.3 Å². The van der Waals surface area contributed by atoms with Gasteiger partial charge < -0.3 is 10.3 Å². The Kier molecular flexibility index (Phi) is 3.84. The van der Waals surface area contributed by atoms with E-state index in [1.165, 1.54) is 12.3 Å². The van der Waals surface area contributed by atoms with E-state index < -0.39 is 0 Å². The van der Waals surface area contributed by atoms with Crippen molar-refractivity contribution in [1.29, 1.82) is 0 Å². The first kappa shape index (κ1) is 12.9. The predicted molar refractivity (Wildman–Crippen MR) is 70.5 cm³/mol. The van der Waals surface area contributed by atoms with Gasteiger partial charge in [0.1, 0.15) is 0 Å². The van der Waals surface area contributed by atoms with Crippen molar-refractivity contribution < 1.29 is 4.79 Å². The largest absolute Gasteiger partial charge is 0.349 e. The van der Waals surface area contributed by atoms with E-state index in [4.69, 9.17) is 0 Å². The number of aromatic amines is 1. The van der Waals surface area contributed by atoms with Gasteiger partial charge in [-0.15, -0.1) is 0 Å². The van der Waals surface area contributed by atoms with E-state index in [2.05, 4.69) is 24.1 Å². The number of aromatic nitrogens is 1. The van der Waals surface area contributed by atoms with Gasteiger partial charge in [0, 0.05) is 23.9 Å². The molecule has 3 unspecified atom stereocenters. The highest BCUT2D eigenvalue weighted by Crippen LogP contribution is 2.28. The maximum atomic E-state index is 12.0. The Labute approximate surface area is 107 Å². The summed E-state index contributed by atoms with van der Waals surface area (Å²) in [5.41, 5.74) is 0.192. The van der Waals surface area contributed by atoms with Crippen molar-refractivity contribution in [3.8, 4) is 0 Å². The summed E-state index contributed by atoms with van der Waals surface area (Å²) in [6.45, 7) is 4.43. The van der Waals surface area contributed by atoms with Crippen LogP contribution in [0.2, 0.25) is 0 Å². The average molecular weight is 248 g/mol. The monoisotopic (exact) mass is 248 g/mol. The Balaban J connectivity index is 2.01. The zero-order chi connectivity index (χ0) is 13.1. The molecule has 0 bridgehead atoms. The van der Waals surface area contributed by atoms with Crippen molar-refractivity contribution >= 4 is 5.91 Å². The minimum absolute atomic E-state index is 0.146. The standard InChI is InChI=1S/C14H20N2O2/c1-9-3-4-12(10(2)7-9)16-14(18)11-5-6-15-13(17)8-11/h5-6,8-10,12H,3-4,7H2,1-2H3,(H,15,17)(H,16,18). The van der Waals surface area contributed by atoms with E-state index in [1.807, 2.05) is 0 Å². The first-order valence-corrected chi connectivity index (χ1v) is 6.56. The van der Waals surface area contributed by atoms with Crippen LogP contribution < -0.4 is 10.9 Å². The molecule has 3 atom stereocenters. The molecule has 1 aliphatic carbocycles. The highest BCUT2D eigenvalue weighted by atomic mass is 16.2. The number of nitrogens with one attached hydrogen (secondary N) is 2. The summed E-state index contributed by atoms with van der Waals surface area (Å²) < 4.78 is 0. The molecule has 4 heteroatoms. The van der Waals surface area contributed by atoms with Gasteiger partial charge in [0.25, 0.3) is 5.91 Å². The van der Waals surface area contributed by atoms with Crippen molar-refractivity contribution in [2.75, 3.05) is 0 Å². The molecule has 1 fully saturated rings. The molecule has 98 valence electrons. The van der Waals surface area contributed by atoms with Gasteiger partial charge in [0.05, 0.1) is 0 Å². The van der Waals surface area contributed by atoms with Crippen LogP contribution in [-0.4, -0.2) is 16.9 Å². The molecule has 0 aromatic carbocycles. The minimum Gasteiger partial charge on any atom is -0.349 e. The lowest BCUT2D eigenvalue weighted by Crippen LogP contribution is -2.42. The molecule has 0 aliphatic heterocycles. The highest BCUT2D eigenvalue weighted by Gasteiger charge is 2.26. The lowest BCUT2D eigenvalue weighted by Gasteiger charge is -2.33. The van der Waals surface area contributed by atoms with Crippen LogP contribution in [0.15, 0.2) is 23.1 Å². The lowest BCUT2D eigenvalue weighted by molar-refractivity contribution is 0.0899. The Morgan fingerprint density at radius 2 is 2.17 bits per heavy atom. The first-order chi connectivity index (χ1) is 8.56. The van der Waals surface area contributed by atoms with Crippen molar-refractivity contribution in [2.24, 2.45) is 11.8 Å². The number of rotatable bonds is 2. The van der Waals surface area contributed by atoms with Gasteiger partial charge >= 0.3 is 0 Å². The van der Waals surface area contributed by atoms with Crippen LogP contribution in [0.3, 0.4) is 0 Å². The number of hydrogen-bond donors (Lipinski definition) is 2. The molecular formula is C14H20N2O2. The van der Waals surface area contributed by atoms with E-state index in [-0.39, 0.29) is 17.5 Å². The lowest BCUT2D eigenvalue weighted by atomic mass is 9.80. The average Bonchev–Trinajstić information content (AvgIpc) is 2.32. The molecule has 1 aliphatic rings. The summed E-state index contributed by atoms with van der Waals surface area (Å²) in [6, 6.07) is 3.20. The molecule has 1 saturated carbocycles. The Bertz CT molecular complexity index is 481. The van der Waals surface area contributed by atoms with Gasteiger partial charge in [-0.25, -0.2) is 0 Å².